The van der Waals surface area contributed by atoms with E-state index in [1.165, 1.54) is 15.9 Å². The molecule has 0 aliphatic carbocycles. The molecule has 3 nitrogen and oxygen atoms in total. The summed E-state index contributed by atoms with van der Waals surface area (Å²) < 4.78 is 0. The Labute approximate surface area is 203 Å². The average molecular weight is 517 g/mol. The molecule has 1 amide bonds. The fourth-order valence-electron chi connectivity index (χ4n) is 5.16. The van der Waals surface area contributed by atoms with Crippen molar-refractivity contribution in [3.8, 4) is 0 Å². The summed E-state index contributed by atoms with van der Waals surface area (Å²) in [7, 11) is 0. The number of likely N-dealkylation sites (tertiary alicyclic amines) is 1. The molecule has 1 aromatic heterocycles. The maximum absolute atomic E-state index is 14.2. The normalized spacial score (nSPS) is 17.5. The van der Waals surface area contributed by atoms with Crippen molar-refractivity contribution in [2.24, 2.45) is 0 Å². The minimum absolute atomic E-state index is 0.187. The number of hydrogen-bond acceptors (Lipinski definition) is 2. The van der Waals surface area contributed by atoms with Gasteiger partial charge in [-0.2, -0.15) is 0 Å². The number of benzene rings is 3. The molecule has 1 unspecified atom stereocenters. The molecule has 0 spiro atoms. The molecule has 0 saturated carbocycles. The summed E-state index contributed by atoms with van der Waals surface area (Å²) in [4.78, 5) is 20.6. The Morgan fingerprint density at radius 2 is 1.24 bits per heavy atom. The van der Waals surface area contributed by atoms with Crippen molar-refractivity contribution in [2.75, 3.05) is 6.54 Å². The first-order valence-electron chi connectivity index (χ1n) is 11.2. The molecule has 1 fully saturated rings. The second kappa shape index (κ2) is 8.85. The van der Waals surface area contributed by atoms with Crippen LogP contribution >= 0.6 is 20.8 Å². The van der Waals surface area contributed by atoms with Crippen LogP contribution in [-0.2, 0) is 11.3 Å². The van der Waals surface area contributed by atoms with Gasteiger partial charge >= 0.3 is 204 Å². The van der Waals surface area contributed by atoms with Crippen LogP contribution < -0.4 is 15.9 Å². The summed E-state index contributed by atoms with van der Waals surface area (Å²) in [6.45, 7) is 1.25. The van der Waals surface area contributed by atoms with Gasteiger partial charge < -0.3 is 0 Å². The summed E-state index contributed by atoms with van der Waals surface area (Å²) in [6, 6.07) is 37.5. The van der Waals surface area contributed by atoms with Crippen molar-refractivity contribution < 1.29 is 4.79 Å². The Kier molecular flexibility index (Phi) is 5.90. The van der Waals surface area contributed by atoms with E-state index in [0.717, 1.165) is 18.7 Å². The van der Waals surface area contributed by atoms with E-state index in [0.29, 0.717) is 6.54 Å². The van der Waals surface area contributed by atoms with Crippen molar-refractivity contribution >= 4 is 42.6 Å². The van der Waals surface area contributed by atoms with Crippen molar-refractivity contribution in [3.05, 3.63) is 121 Å². The van der Waals surface area contributed by atoms with E-state index in [1.807, 2.05) is 41.3 Å². The molecule has 5 rings (SSSR count). The predicted octanol–water partition coefficient (Wildman–Crippen LogP) is 5.02. The molecule has 3 aromatic carbocycles. The van der Waals surface area contributed by atoms with Crippen LogP contribution in [0.25, 0.3) is 0 Å². The van der Waals surface area contributed by atoms with E-state index in [4.69, 9.17) is 0 Å². The van der Waals surface area contributed by atoms with Gasteiger partial charge in [-0.3, -0.25) is 0 Å². The Balaban J connectivity index is 1.72. The molecule has 0 N–H and O–H groups in total. The zero-order valence-electron chi connectivity index (χ0n) is 18.3. The molecule has 0 radical (unpaired) electrons. The van der Waals surface area contributed by atoms with Crippen LogP contribution in [0.5, 0.6) is 0 Å². The summed E-state index contributed by atoms with van der Waals surface area (Å²) >= 11 is 4.47. The van der Waals surface area contributed by atoms with Gasteiger partial charge in [0.1, 0.15) is 0 Å². The second-order valence-electron chi connectivity index (χ2n) is 8.47. The van der Waals surface area contributed by atoms with E-state index in [2.05, 4.69) is 93.3 Å². The van der Waals surface area contributed by atoms with E-state index in [-0.39, 0.29) is 11.6 Å². The summed E-state index contributed by atoms with van der Waals surface area (Å²) in [5.41, 5.74) is 0.715. The third-order valence-electron chi connectivity index (χ3n) is 6.72. The van der Waals surface area contributed by atoms with Gasteiger partial charge in [-0.05, 0) is 0 Å². The van der Waals surface area contributed by atoms with Gasteiger partial charge in [0.2, 0.25) is 0 Å². The maximum atomic E-state index is 14.2. The first-order valence-corrected chi connectivity index (χ1v) is 15.5. The van der Waals surface area contributed by atoms with Gasteiger partial charge in [0, 0.05) is 0 Å². The molecule has 4 aromatic rings. The van der Waals surface area contributed by atoms with Gasteiger partial charge in [-0.15, -0.1) is 0 Å². The SMILES string of the molecule is O=C1C(P(Br)(c2ccccc2)(c2ccccc2)c2ccccc2)CCN1Cc1ccccn1. The van der Waals surface area contributed by atoms with E-state index < -0.39 is 5.31 Å². The molecule has 5 heteroatoms. The average Bonchev–Trinajstić information content (AvgIpc) is 3.26. The molecule has 1 atom stereocenters. The monoisotopic (exact) mass is 516 g/mol. The summed E-state index contributed by atoms with van der Waals surface area (Å²) in [5, 5.41) is 0.202. The van der Waals surface area contributed by atoms with E-state index >= 15 is 0 Å². The second-order valence-corrected chi connectivity index (χ2v) is 17.2. The molecule has 1 aliphatic rings. The first-order chi connectivity index (χ1) is 16.1. The summed E-state index contributed by atoms with van der Waals surface area (Å²) in [5.74, 6) is 0.187. The number of amides is 1. The molecule has 1 aliphatic heterocycles. The zero-order chi connectivity index (χ0) is 22.8. The number of pyridine rings is 1. The van der Waals surface area contributed by atoms with Crippen LogP contribution in [0.3, 0.4) is 0 Å². The number of nitrogens with zero attached hydrogens (tertiary/aromatic N) is 2. The Bertz CT molecular complexity index is 1140. The van der Waals surface area contributed by atoms with Gasteiger partial charge in [0.15, 0.2) is 0 Å². The van der Waals surface area contributed by atoms with Crippen LogP contribution in [0, 0.1) is 0 Å². The van der Waals surface area contributed by atoms with Crippen LogP contribution in [-0.4, -0.2) is 28.0 Å². The van der Waals surface area contributed by atoms with Crippen LogP contribution in [0.2, 0.25) is 0 Å². The third-order valence-corrected chi connectivity index (χ3v) is 17.5. The number of carbonyl (C=O) groups excluding carboxylic acids is 1. The number of hydrogen-bond donors (Lipinski definition) is 0. The molecule has 2 heterocycles. The third kappa shape index (κ3) is 3.53. The Hall–Kier alpha value is -2.81. The number of aromatic nitrogens is 1. The standard InChI is InChI=1S/C28H26BrN2OP/c29-33(24-13-4-1-5-14-24,25-15-6-2-7-16-25,26-17-8-3-9-18-26)27-19-21-31(28(27)32)22-23-12-10-11-20-30-23/h1-18,20,27H,19,21-22H2. The Morgan fingerprint density at radius 1 is 0.758 bits per heavy atom. The van der Waals surface area contributed by atoms with E-state index in [1.54, 1.807) is 6.20 Å². The number of carbonyl (C=O) groups is 1. The van der Waals surface area contributed by atoms with Gasteiger partial charge in [-0.25, -0.2) is 0 Å². The van der Waals surface area contributed by atoms with Gasteiger partial charge in [-0.1, -0.05) is 0 Å². The molecule has 1 saturated heterocycles. The van der Waals surface area contributed by atoms with Crippen molar-refractivity contribution in [3.63, 3.8) is 0 Å². The minimum atomic E-state index is -3.34. The van der Waals surface area contributed by atoms with Gasteiger partial charge in [0.05, 0.1) is 0 Å². The van der Waals surface area contributed by atoms with Gasteiger partial charge in [0.25, 0.3) is 0 Å². The zero-order valence-corrected chi connectivity index (χ0v) is 20.8. The first kappa shape index (κ1) is 22.0. The number of rotatable bonds is 6. The predicted molar refractivity (Wildman–Crippen MR) is 142 cm³/mol. The topological polar surface area (TPSA) is 33.2 Å². The van der Waals surface area contributed by atoms with E-state index in [9.17, 15) is 4.79 Å². The molecule has 33 heavy (non-hydrogen) atoms. The quantitative estimate of drug-likeness (QED) is 0.337. The fraction of sp³-hybridized carbons (Fsp3) is 0.143. The summed E-state index contributed by atoms with van der Waals surface area (Å²) in [6.07, 6.45) is 2.57. The molecule has 0 bridgehead atoms. The van der Waals surface area contributed by atoms with Crippen molar-refractivity contribution in [2.45, 2.75) is 18.6 Å². The molecular weight excluding hydrogens is 491 g/mol. The number of halogens is 1. The van der Waals surface area contributed by atoms with Crippen molar-refractivity contribution in [1.29, 1.82) is 0 Å². The Morgan fingerprint density at radius 3 is 1.70 bits per heavy atom. The molecule has 166 valence electrons. The van der Waals surface area contributed by atoms with Crippen molar-refractivity contribution in [1.82, 2.24) is 9.88 Å². The fourth-order valence-corrected chi connectivity index (χ4v) is 13.8. The molecular formula is C28H26BrN2OP. The van der Waals surface area contributed by atoms with Crippen LogP contribution in [0.15, 0.2) is 115 Å². The van der Waals surface area contributed by atoms with Crippen LogP contribution in [0.4, 0.5) is 0 Å². The van der Waals surface area contributed by atoms with Crippen LogP contribution in [0.1, 0.15) is 12.1 Å².